The van der Waals surface area contributed by atoms with Crippen LogP contribution in [0.1, 0.15) is 32.1 Å². The van der Waals surface area contributed by atoms with E-state index in [-0.39, 0.29) is 6.03 Å². The first-order chi connectivity index (χ1) is 9.72. The van der Waals surface area contributed by atoms with Crippen LogP contribution in [0.15, 0.2) is 24.3 Å². The highest BCUT2D eigenvalue weighted by atomic mass is 35.5. The van der Waals surface area contributed by atoms with E-state index in [9.17, 15) is 4.79 Å². The van der Waals surface area contributed by atoms with Crippen molar-refractivity contribution in [3.05, 3.63) is 29.3 Å². The van der Waals surface area contributed by atoms with Gasteiger partial charge in [-0.3, -0.25) is 0 Å². The van der Waals surface area contributed by atoms with Gasteiger partial charge in [0.15, 0.2) is 0 Å². The van der Waals surface area contributed by atoms with Gasteiger partial charge in [-0.25, -0.2) is 4.79 Å². The van der Waals surface area contributed by atoms with E-state index < -0.39 is 0 Å². The first-order valence-corrected chi connectivity index (χ1v) is 7.91. The summed E-state index contributed by atoms with van der Waals surface area (Å²) in [5, 5.41) is 3.60. The van der Waals surface area contributed by atoms with Crippen molar-refractivity contribution in [1.82, 2.24) is 4.90 Å². The van der Waals surface area contributed by atoms with Gasteiger partial charge in [0, 0.05) is 23.8 Å². The predicted molar refractivity (Wildman–Crippen MR) is 82.1 cm³/mol. The van der Waals surface area contributed by atoms with E-state index >= 15 is 0 Å². The Balaban J connectivity index is 1.60. The number of benzene rings is 1. The zero-order valence-electron chi connectivity index (χ0n) is 11.6. The van der Waals surface area contributed by atoms with Crippen molar-refractivity contribution >= 4 is 23.3 Å². The molecule has 1 saturated carbocycles. The number of nitrogens with one attached hydrogen (secondary N) is 1. The molecule has 2 unspecified atom stereocenters. The van der Waals surface area contributed by atoms with Crippen LogP contribution in [0, 0.1) is 11.8 Å². The quantitative estimate of drug-likeness (QED) is 0.818. The molecule has 4 heteroatoms. The Bertz CT molecular complexity index is 491. The predicted octanol–water partition coefficient (Wildman–Crippen LogP) is 4.38. The summed E-state index contributed by atoms with van der Waals surface area (Å²) in [6.45, 7) is 1.80. The van der Waals surface area contributed by atoms with E-state index in [0.717, 1.165) is 31.1 Å². The molecule has 3 nitrogen and oxygen atoms in total. The number of hydrogen-bond acceptors (Lipinski definition) is 1. The maximum atomic E-state index is 12.3. The van der Waals surface area contributed by atoms with E-state index in [1.54, 1.807) is 6.07 Å². The molecule has 2 atom stereocenters. The van der Waals surface area contributed by atoms with Gasteiger partial charge in [0.2, 0.25) is 0 Å². The summed E-state index contributed by atoms with van der Waals surface area (Å²) in [5.74, 6) is 1.56. The van der Waals surface area contributed by atoms with Crippen molar-refractivity contribution in [2.24, 2.45) is 11.8 Å². The number of likely N-dealkylation sites (tertiary alicyclic amines) is 1. The van der Waals surface area contributed by atoms with Gasteiger partial charge in [-0.15, -0.1) is 0 Å². The molecule has 0 spiro atoms. The van der Waals surface area contributed by atoms with Gasteiger partial charge in [0.25, 0.3) is 0 Å². The minimum absolute atomic E-state index is 0.0105. The Labute approximate surface area is 125 Å². The molecule has 2 amide bonds. The largest absolute Gasteiger partial charge is 0.324 e. The molecular formula is C16H21ClN2O. The van der Waals surface area contributed by atoms with E-state index in [2.05, 4.69) is 5.32 Å². The fourth-order valence-electron chi connectivity index (χ4n) is 3.55. The zero-order chi connectivity index (χ0) is 13.9. The average molecular weight is 293 g/mol. The van der Waals surface area contributed by atoms with Crippen molar-refractivity contribution in [1.29, 1.82) is 0 Å². The second-order valence-corrected chi connectivity index (χ2v) is 6.42. The second kappa shape index (κ2) is 6.04. The number of halogens is 1. The van der Waals surface area contributed by atoms with Crippen molar-refractivity contribution in [3.8, 4) is 0 Å². The molecule has 1 saturated heterocycles. The van der Waals surface area contributed by atoms with Gasteiger partial charge < -0.3 is 10.2 Å². The normalized spacial score (nSPS) is 25.9. The maximum absolute atomic E-state index is 12.3. The first-order valence-electron chi connectivity index (χ1n) is 7.54. The lowest BCUT2D eigenvalue weighted by molar-refractivity contribution is 0.108. The molecule has 108 valence electrons. The molecule has 2 fully saturated rings. The number of rotatable bonds is 1. The minimum atomic E-state index is 0.0105. The van der Waals surface area contributed by atoms with Gasteiger partial charge in [-0.1, -0.05) is 36.9 Å². The molecule has 3 rings (SSSR count). The molecule has 0 aromatic heterocycles. The number of nitrogens with zero attached hydrogens (tertiary/aromatic N) is 1. The van der Waals surface area contributed by atoms with Crippen LogP contribution in [0.2, 0.25) is 5.02 Å². The van der Waals surface area contributed by atoms with Gasteiger partial charge in [0.1, 0.15) is 0 Å². The van der Waals surface area contributed by atoms with Crippen LogP contribution in [-0.2, 0) is 0 Å². The van der Waals surface area contributed by atoms with E-state index in [4.69, 9.17) is 11.6 Å². The molecule has 1 aromatic rings. The number of anilines is 1. The Hall–Kier alpha value is -1.22. The number of amides is 2. The number of fused-ring (bicyclic) bond motifs is 1. The number of piperidine rings is 1. The summed E-state index contributed by atoms with van der Waals surface area (Å²) < 4.78 is 0. The lowest BCUT2D eigenvalue weighted by Crippen LogP contribution is -2.46. The third kappa shape index (κ3) is 3.09. The molecule has 20 heavy (non-hydrogen) atoms. The Morgan fingerprint density at radius 2 is 2.00 bits per heavy atom. The van der Waals surface area contributed by atoms with E-state index in [0.29, 0.717) is 10.9 Å². The Morgan fingerprint density at radius 3 is 2.80 bits per heavy atom. The highest BCUT2D eigenvalue weighted by Gasteiger charge is 2.32. The molecule has 1 heterocycles. The summed E-state index contributed by atoms with van der Waals surface area (Å²) in [5.41, 5.74) is 0.772. The van der Waals surface area contributed by atoms with Crippen molar-refractivity contribution in [3.63, 3.8) is 0 Å². The van der Waals surface area contributed by atoms with Gasteiger partial charge in [-0.05, 0) is 42.9 Å². The van der Waals surface area contributed by atoms with Crippen molar-refractivity contribution in [2.45, 2.75) is 32.1 Å². The van der Waals surface area contributed by atoms with Crippen LogP contribution in [0.3, 0.4) is 0 Å². The second-order valence-electron chi connectivity index (χ2n) is 5.98. The molecule has 1 N–H and O–H groups in total. The van der Waals surface area contributed by atoms with Crippen molar-refractivity contribution in [2.75, 3.05) is 18.4 Å². The average Bonchev–Trinajstić information content (AvgIpc) is 2.47. The lowest BCUT2D eigenvalue weighted by atomic mass is 9.75. The zero-order valence-corrected chi connectivity index (χ0v) is 12.4. The topological polar surface area (TPSA) is 32.3 Å². The van der Waals surface area contributed by atoms with Gasteiger partial charge in [0.05, 0.1) is 0 Å². The highest BCUT2D eigenvalue weighted by molar-refractivity contribution is 6.30. The summed E-state index contributed by atoms with van der Waals surface area (Å²) in [6, 6.07) is 7.33. The summed E-state index contributed by atoms with van der Waals surface area (Å²) in [7, 11) is 0. The lowest BCUT2D eigenvalue weighted by Gasteiger charge is -2.41. The number of urea groups is 1. The van der Waals surface area contributed by atoms with Crippen LogP contribution < -0.4 is 5.32 Å². The number of hydrogen-bond donors (Lipinski definition) is 1. The van der Waals surface area contributed by atoms with Gasteiger partial charge in [-0.2, -0.15) is 0 Å². The SMILES string of the molecule is O=C(Nc1cccc(Cl)c1)N1CCC2CCCCC2C1. The molecule has 2 aliphatic rings. The first kappa shape index (κ1) is 13.7. The van der Waals surface area contributed by atoms with Crippen LogP contribution in [0.5, 0.6) is 0 Å². The molecule has 1 aliphatic carbocycles. The smallest absolute Gasteiger partial charge is 0.321 e. The third-order valence-corrected chi connectivity index (χ3v) is 4.89. The fraction of sp³-hybridized carbons (Fsp3) is 0.562. The molecule has 0 bridgehead atoms. The molecule has 1 aliphatic heterocycles. The Kier molecular flexibility index (Phi) is 4.16. The van der Waals surface area contributed by atoms with Crippen LogP contribution in [0.25, 0.3) is 0 Å². The van der Waals surface area contributed by atoms with Crippen LogP contribution in [-0.4, -0.2) is 24.0 Å². The molecular weight excluding hydrogens is 272 g/mol. The third-order valence-electron chi connectivity index (χ3n) is 4.65. The Morgan fingerprint density at radius 1 is 1.20 bits per heavy atom. The van der Waals surface area contributed by atoms with E-state index in [1.165, 1.54) is 25.7 Å². The monoisotopic (exact) mass is 292 g/mol. The number of carbonyl (C=O) groups excluding carboxylic acids is 1. The van der Waals surface area contributed by atoms with E-state index in [1.807, 2.05) is 23.1 Å². The minimum Gasteiger partial charge on any atom is -0.324 e. The molecule has 1 aromatic carbocycles. The summed E-state index contributed by atoms with van der Waals surface area (Å²) in [4.78, 5) is 14.3. The standard InChI is InChI=1S/C16H21ClN2O/c17-14-6-3-7-15(10-14)18-16(20)19-9-8-12-4-1-2-5-13(12)11-19/h3,6-7,10,12-13H,1-2,4-5,8-9,11H2,(H,18,20). The summed E-state index contributed by atoms with van der Waals surface area (Å²) >= 11 is 5.94. The van der Waals surface area contributed by atoms with Crippen LogP contribution >= 0.6 is 11.6 Å². The van der Waals surface area contributed by atoms with Gasteiger partial charge >= 0.3 is 6.03 Å². The summed E-state index contributed by atoms with van der Waals surface area (Å²) in [6.07, 6.45) is 6.49. The fourth-order valence-corrected chi connectivity index (χ4v) is 3.74. The van der Waals surface area contributed by atoms with Crippen molar-refractivity contribution < 1.29 is 4.79 Å². The number of carbonyl (C=O) groups is 1. The van der Waals surface area contributed by atoms with Crippen LogP contribution in [0.4, 0.5) is 10.5 Å². The maximum Gasteiger partial charge on any atom is 0.321 e. The highest BCUT2D eigenvalue weighted by Crippen LogP contribution is 2.36. The molecule has 0 radical (unpaired) electrons.